The van der Waals surface area contributed by atoms with Crippen LogP contribution in [0.4, 0.5) is 0 Å². The molecule has 0 saturated heterocycles. The Balaban J connectivity index is 2.96. The van der Waals surface area contributed by atoms with Gasteiger partial charge in [0.2, 0.25) is 0 Å². The summed E-state index contributed by atoms with van der Waals surface area (Å²) in [5.74, 6) is -0.462. The number of nitrogens with one attached hydrogen (secondary N) is 1. The molecule has 9 heteroatoms. The highest BCUT2D eigenvalue weighted by atomic mass is 79.9. The number of benzene rings is 1. The van der Waals surface area contributed by atoms with Gasteiger partial charge in [-0.3, -0.25) is 9.00 Å². The molecular formula is C11H13BrClNO4S2. The zero-order valence-electron chi connectivity index (χ0n) is 10.7. The first kappa shape index (κ1) is 17.6. The predicted octanol–water partition coefficient (Wildman–Crippen LogP) is 1.87. The minimum atomic E-state index is -3.90. The van der Waals surface area contributed by atoms with Crippen molar-refractivity contribution >= 4 is 52.4 Å². The molecule has 0 aromatic heterocycles. The van der Waals surface area contributed by atoms with Gasteiger partial charge < -0.3 is 5.32 Å². The van der Waals surface area contributed by atoms with E-state index in [9.17, 15) is 17.4 Å². The second kappa shape index (κ2) is 7.02. The van der Waals surface area contributed by atoms with E-state index >= 15 is 0 Å². The Kier molecular flexibility index (Phi) is 6.18. The summed E-state index contributed by atoms with van der Waals surface area (Å²) in [5, 5.41) is 2.40. The molecule has 0 aliphatic rings. The van der Waals surface area contributed by atoms with Crippen LogP contribution in [-0.4, -0.2) is 36.6 Å². The SMILES string of the molecule is CC(CNC(=O)c1cc(S(=O)(=O)Cl)ccc1Br)S(C)=O. The van der Waals surface area contributed by atoms with Crippen LogP contribution >= 0.6 is 26.6 Å². The lowest BCUT2D eigenvalue weighted by atomic mass is 10.2. The lowest BCUT2D eigenvalue weighted by Crippen LogP contribution is -2.32. The van der Waals surface area contributed by atoms with Gasteiger partial charge in [-0.25, -0.2) is 8.42 Å². The van der Waals surface area contributed by atoms with Crippen LogP contribution < -0.4 is 5.32 Å². The van der Waals surface area contributed by atoms with E-state index in [1.165, 1.54) is 18.2 Å². The van der Waals surface area contributed by atoms with Crippen LogP contribution in [0.3, 0.4) is 0 Å². The maximum absolute atomic E-state index is 12.0. The van der Waals surface area contributed by atoms with E-state index in [1.807, 2.05) is 0 Å². The van der Waals surface area contributed by atoms with Crippen molar-refractivity contribution in [3.8, 4) is 0 Å². The molecule has 1 rings (SSSR count). The number of carbonyl (C=O) groups excluding carboxylic acids is 1. The molecule has 1 aromatic rings. The van der Waals surface area contributed by atoms with Crippen LogP contribution in [0.2, 0.25) is 0 Å². The lowest BCUT2D eigenvalue weighted by molar-refractivity contribution is 0.0953. The van der Waals surface area contributed by atoms with Crippen molar-refractivity contribution in [1.29, 1.82) is 0 Å². The number of hydrogen-bond donors (Lipinski definition) is 1. The van der Waals surface area contributed by atoms with Crippen LogP contribution in [0.15, 0.2) is 27.6 Å². The van der Waals surface area contributed by atoms with Crippen molar-refractivity contribution in [3.63, 3.8) is 0 Å². The number of rotatable bonds is 5. The van der Waals surface area contributed by atoms with Crippen molar-refractivity contribution in [2.24, 2.45) is 0 Å². The fourth-order valence-corrected chi connectivity index (χ4v) is 2.80. The van der Waals surface area contributed by atoms with Gasteiger partial charge in [-0.05, 0) is 41.1 Å². The zero-order valence-corrected chi connectivity index (χ0v) is 14.7. The summed E-state index contributed by atoms with van der Waals surface area (Å²) in [5.41, 5.74) is 0.154. The predicted molar refractivity (Wildman–Crippen MR) is 83.0 cm³/mol. The average Bonchev–Trinajstić information content (AvgIpc) is 2.34. The molecule has 0 aliphatic heterocycles. The van der Waals surface area contributed by atoms with E-state index in [-0.39, 0.29) is 22.3 Å². The standard InChI is InChI=1S/C11H13BrClNO4S2/c1-7(19(2)16)6-14-11(15)9-5-8(20(13,17)18)3-4-10(9)12/h3-5,7H,6H2,1-2H3,(H,14,15). The van der Waals surface area contributed by atoms with Crippen LogP contribution in [0.1, 0.15) is 17.3 Å². The molecule has 2 atom stereocenters. The highest BCUT2D eigenvalue weighted by molar-refractivity contribution is 9.10. The molecule has 0 bridgehead atoms. The summed E-state index contributed by atoms with van der Waals surface area (Å²) in [6.45, 7) is 1.97. The third kappa shape index (κ3) is 4.83. The molecule has 0 heterocycles. The van der Waals surface area contributed by atoms with Crippen molar-refractivity contribution in [2.75, 3.05) is 12.8 Å². The number of halogens is 2. The summed E-state index contributed by atoms with van der Waals surface area (Å²) >= 11 is 3.18. The molecular weight excluding hydrogens is 390 g/mol. The molecule has 5 nitrogen and oxygen atoms in total. The van der Waals surface area contributed by atoms with Crippen molar-refractivity contribution in [2.45, 2.75) is 17.1 Å². The Bertz CT molecular complexity index is 648. The summed E-state index contributed by atoms with van der Waals surface area (Å²) in [4.78, 5) is 11.8. The Morgan fingerprint density at radius 1 is 1.50 bits per heavy atom. The minimum absolute atomic E-state index is 0.153. The van der Waals surface area contributed by atoms with E-state index in [0.717, 1.165) is 0 Å². The maximum atomic E-state index is 12.0. The molecule has 0 saturated carbocycles. The number of hydrogen-bond acceptors (Lipinski definition) is 4. The monoisotopic (exact) mass is 401 g/mol. The average molecular weight is 403 g/mol. The molecule has 1 aromatic carbocycles. The second-order valence-corrected chi connectivity index (χ2v) is 9.32. The van der Waals surface area contributed by atoms with Gasteiger partial charge in [0, 0.05) is 44.0 Å². The highest BCUT2D eigenvalue weighted by Gasteiger charge is 2.17. The van der Waals surface area contributed by atoms with Crippen molar-refractivity contribution in [1.82, 2.24) is 5.32 Å². The zero-order chi connectivity index (χ0) is 15.5. The van der Waals surface area contributed by atoms with Crippen LogP contribution in [0, 0.1) is 0 Å². The first-order valence-electron chi connectivity index (χ1n) is 5.47. The Hall–Kier alpha value is -0.440. The molecule has 0 spiro atoms. The van der Waals surface area contributed by atoms with Gasteiger partial charge in [-0.15, -0.1) is 0 Å². The van der Waals surface area contributed by atoms with Crippen LogP contribution in [0.5, 0.6) is 0 Å². The molecule has 112 valence electrons. The topological polar surface area (TPSA) is 80.3 Å². The minimum Gasteiger partial charge on any atom is -0.351 e. The summed E-state index contributed by atoms with van der Waals surface area (Å²) in [7, 11) is 0.294. The molecule has 0 radical (unpaired) electrons. The van der Waals surface area contributed by atoms with E-state index in [2.05, 4.69) is 21.2 Å². The van der Waals surface area contributed by atoms with Gasteiger partial charge in [-0.2, -0.15) is 0 Å². The third-order valence-corrected chi connectivity index (χ3v) is 5.92. The van der Waals surface area contributed by atoms with Gasteiger partial charge in [0.05, 0.1) is 10.5 Å². The fourth-order valence-electron chi connectivity index (χ4n) is 1.28. The lowest BCUT2D eigenvalue weighted by Gasteiger charge is -2.11. The van der Waals surface area contributed by atoms with Crippen molar-refractivity contribution in [3.05, 3.63) is 28.2 Å². The van der Waals surface area contributed by atoms with Crippen LogP contribution in [-0.2, 0) is 19.9 Å². The Morgan fingerprint density at radius 3 is 2.60 bits per heavy atom. The van der Waals surface area contributed by atoms with E-state index in [4.69, 9.17) is 10.7 Å². The Morgan fingerprint density at radius 2 is 2.10 bits per heavy atom. The highest BCUT2D eigenvalue weighted by Crippen LogP contribution is 2.23. The smallest absolute Gasteiger partial charge is 0.261 e. The normalized spacial score (nSPS) is 14.6. The van der Waals surface area contributed by atoms with Gasteiger partial charge >= 0.3 is 0 Å². The quantitative estimate of drug-likeness (QED) is 0.763. The van der Waals surface area contributed by atoms with Gasteiger partial charge in [0.1, 0.15) is 0 Å². The fraction of sp³-hybridized carbons (Fsp3) is 0.364. The molecule has 1 N–H and O–H groups in total. The molecule has 0 aliphatic carbocycles. The first-order chi connectivity index (χ1) is 9.12. The number of carbonyl (C=O) groups is 1. The molecule has 1 amide bonds. The molecule has 0 fully saturated rings. The molecule has 2 unspecified atom stereocenters. The second-order valence-electron chi connectivity index (χ2n) is 4.10. The number of amides is 1. The van der Waals surface area contributed by atoms with E-state index in [0.29, 0.717) is 4.47 Å². The van der Waals surface area contributed by atoms with E-state index in [1.54, 1.807) is 13.2 Å². The first-order valence-corrected chi connectivity index (χ1v) is 10.2. The summed E-state index contributed by atoms with van der Waals surface area (Å²) in [6.07, 6.45) is 1.55. The van der Waals surface area contributed by atoms with E-state index < -0.39 is 25.8 Å². The largest absolute Gasteiger partial charge is 0.351 e. The summed E-state index contributed by atoms with van der Waals surface area (Å²) in [6, 6.07) is 3.92. The molecule has 20 heavy (non-hydrogen) atoms. The Labute approximate surface area is 133 Å². The summed E-state index contributed by atoms with van der Waals surface area (Å²) < 4.78 is 34.2. The maximum Gasteiger partial charge on any atom is 0.261 e. The third-order valence-electron chi connectivity index (χ3n) is 2.58. The van der Waals surface area contributed by atoms with Crippen LogP contribution in [0.25, 0.3) is 0 Å². The van der Waals surface area contributed by atoms with Crippen molar-refractivity contribution < 1.29 is 17.4 Å². The van der Waals surface area contributed by atoms with Gasteiger partial charge in [0.15, 0.2) is 0 Å². The van der Waals surface area contributed by atoms with Gasteiger partial charge in [-0.1, -0.05) is 0 Å². The van der Waals surface area contributed by atoms with Gasteiger partial charge in [0.25, 0.3) is 15.0 Å².